The van der Waals surface area contributed by atoms with Gasteiger partial charge in [-0.15, -0.1) is 11.3 Å². The smallest absolute Gasteiger partial charge is 0.148 e. The van der Waals surface area contributed by atoms with Gasteiger partial charge >= 0.3 is 0 Å². The van der Waals surface area contributed by atoms with E-state index < -0.39 is 6.10 Å². The zero-order chi connectivity index (χ0) is 11.7. The van der Waals surface area contributed by atoms with Crippen LogP contribution >= 0.6 is 27.3 Å². The summed E-state index contributed by atoms with van der Waals surface area (Å²) < 4.78 is 2.61. The number of thiazole rings is 1. The number of aliphatic hydroxyl groups excluding tert-OH is 1. The van der Waals surface area contributed by atoms with E-state index >= 15 is 0 Å². The summed E-state index contributed by atoms with van der Waals surface area (Å²) in [5.41, 5.74) is 0.755. The van der Waals surface area contributed by atoms with Crippen LogP contribution in [0.25, 0.3) is 0 Å². The van der Waals surface area contributed by atoms with E-state index in [1.54, 1.807) is 17.1 Å². The van der Waals surface area contributed by atoms with Crippen LogP contribution in [0.1, 0.15) is 36.7 Å². The number of nitrogens with zero attached hydrogens (tertiary/aromatic N) is 3. The van der Waals surface area contributed by atoms with E-state index in [-0.39, 0.29) is 6.04 Å². The van der Waals surface area contributed by atoms with Gasteiger partial charge in [-0.25, -0.2) is 4.98 Å². The van der Waals surface area contributed by atoms with Crippen LogP contribution in [0.3, 0.4) is 0 Å². The predicted octanol–water partition coefficient (Wildman–Crippen LogP) is 2.76. The van der Waals surface area contributed by atoms with Crippen molar-refractivity contribution in [2.24, 2.45) is 0 Å². The van der Waals surface area contributed by atoms with Crippen molar-refractivity contribution in [3.05, 3.63) is 32.9 Å². The standard InChI is InChI=1S/C10H12BrN3OS/c1-6(2)14-8(7(11)5-13-14)9(15)10-12-3-4-16-10/h3-6,9,15H,1-2H3. The SMILES string of the molecule is CC(C)n1ncc(Br)c1C(O)c1nccs1. The second kappa shape index (κ2) is 4.65. The minimum Gasteiger partial charge on any atom is -0.379 e. The third-order valence-corrected chi connectivity index (χ3v) is 3.66. The van der Waals surface area contributed by atoms with Crippen LogP contribution in [0.2, 0.25) is 0 Å². The maximum absolute atomic E-state index is 10.2. The van der Waals surface area contributed by atoms with Crippen molar-refractivity contribution >= 4 is 27.3 Å². The summed E-state index contributed by atoms with van der Waals surface area (Å²) in [5.74, 6) is 0. The topological polar surface area (TPSA) is 50.9 Å². The highest BCUT2D eigenvalue weighted by Crippen LogP contribution is 2.30. The van der Waals surface area contributed by atoms with Gasteiger partial charge in [-0.3, -0.25) is 4.68 Å². The normalized spacial score (nSPS) is 13.3. The first-order chi connectivity index (χ1) is 7.61. The van der Waals surface area contributed by atoms with Gasteiger partial charge in [0.25, 0.3) is 0 Å². The summed E-state index contributed by atoms with van der Waals surface area (Å²) in [5, 5.41) is 17.0. The Balaban J connectivity index is 2.43. The Morgan fingerprint density at radius 3 is 2.81 bits per heavy atom. The lowest BCUT2D eigenvalue weighted by atomic mass is 10.2. The van der Waals surface area contributed by atoms with Gasteiger partial charge in [0.15, 0.2) is 0 Å². The lowest BCUT2D eigenvalue weighted by molar-refractivity contribution is 0.203. The van der Waals surface area contributed by atoms with Crippen molar-refractivity contribution in [1.82, 2.24) is 14.8 Å². The molecule has 1 unspecified atom stereocenters. The second-order valence-electron chi connectivity index (χ2n) is 3.69. The first-order valence-corrected chi connectivity index (χ1v) is 6.59. The predicted molar refractivity (Wildman–Crippen MR) is 66.5 cm³/mol. The molecule has 0 bridgehead atoms. The van der Waals surface area contributed by atoms with E-state index in [4.69, 9.17) is 0 Å². The van der Waals surface area contributed by atoms with E-state index in [0.29, 0.717) is 5.01 Å². The van der Waals surface area contributed by atoms with Crippen molar-refractivity contribution in [2.75, 3.05) is 0 Å². The number of aliphatic hydroxyl groups is 1. The number of halogens is 1. The van der Waals surface area contributed by atoms with Crippen molar-refractivity contribution in [3.8, 4) is 0 Å². The molecule has 0 amide bonds. The molecule has 4 nitrogen and oxygen atoms in total. The van der Waals surface area contributed by atoms with E-state index in [1.807, 2.05) is 19.2 Å². The molecule has 0 aliphatic heterocycles. The fraction of sp³-hybridized carbons (Fsp3) is 0.400. The van der Waals surface area contributed by atoms with Gasteiger partial charge in [0.1, 0.15) is 11.1 Å². The van der Waals surface area contributed by atoms with Crippen molar-refractivity contribution in [1.29, 1.82) is 0 Å². The molecule has 0 aromatic carbocycles. The number of hydrogen-bond donors (Lipinski definition) is 1. The average Bonchev–Trinajstić information content (AvgIpc) is 2.84. The van der Waals surface area contributed by atoms with Gasteiger partial charge in [0, 0.05) is 17.6 Å². The molecule has 0 saturated carbocycles. The molecule has 6 heteroatoms. The molecule has 2 rings (SSSR count). The van der Waals surface area contributed by atoms with Crippen molar-refractivity contribution < 1.29 is 5.11 Å². The Morgan fingerprint density at radius 2 is 2.25 bits per heavy atom. The zero-order valence-electron chi connectivity index (χ0n) is 8.96. The first kappa shape index (κ1) is 11.8. The average molecular weight is 302 g/mol. The number of aromatic nitrogens is 3. The van der Waals surface area contributed by atoms with Crippen LogP contribution in [0.5, 0.6) is 0 Å². The van der Waals surface area contributed by atoms with Crippen LogP contribution in [0.15, 0.2) is 22.2 Å². The summed E-state index contributed by atoms with van der Waals surface area (Å²) in [6.45, 7) is 4.05. The van der Waals surface area contributed by atoms with Gasteiger partial charge < -0.3 is 5.11 Å². The Bertz CT molecular complexity index is 466. The molecule has 2 heterocycles. The molecule has 1 N–H and O–H groups in total. The van der Waals surface area contributed by atoms with Crippen LogP contribution in [-0.4, -0.2) is 19.9 Å². The Kier molecular flexibility index (Phi) is 3.41. The summed E-state index contributed by atoms with van der Waals surface area (Å²) in [6.07, 6.45) is 2.67. The molecular weight excluding hydrogens is 290 g/mol. The molecule has 0 saturated heterocycles. The fourth-order valence-electron chi connectivity index (χ4n) is 1.50. The zero-order valence-corrected chi connectivity index (χ0v) is 11.4. The first-order valence-electron chi connectivity index (χ1n) is 4.91. The van der Waals surface area contributed by atoms with Gasteiger partial charge in [0.2, 0.25) is 0 Å². The molecule has 16 heavy (non-hydrogen) atoms. The van der Waals surface area contributed by atoms with Crippen LogP contribution in [0, 0.1) is 0 Å². The van der Waals surface area contributed by atoms with E-state index in [2.05, 4.69) is 26.0 Å². The Hall–Kier alpha value is -0.720. The van der Waals surface area contributed by atoms with Crippen LogP contribution in [0.4, 0.5) is 0 Å². The highest BCUT2D eigenvalue weighted by molar-refractivity contribution is 9.10. The van der Waals surface area contributed by atoms with E-state index in [9.17, 15) is 5.11 Å². The van der Waals surface area contributed by atoms with Crippen LogP contribution < -0.4 is 0 Å². The molecular formula is C10H12BrN3OS. The van der Waals surface area contributed by atoms with Crippen molar-refractivity contribution in [3.63, 3.8) is 0 Å². The second-order valence-corrected chi connectivity index (χ2v) is 5.47. The van der Waals surface area contributed by atoms with Gasteiger partial charge in [-0.2, -0.15) is 5.10 Å². The van der Waals surface area contributed by atoms with Gasteiger partial charge in [0.05, 0.1) is 16.4 Å². The lowest BCUT2D eigenvalue weighted by Gasteiger charge is -2.14. The molecule has 0 spiro atoms. The van der Waals surface area contributed by atoms with E-state index in [0.717, 1.165) is 10.2 Å². The Labute approximate surface area is 106 Å². The molecule has 86 valence electrons. The highest BCUT2D eigenvalue weighted by Gasteiger charge is 2.22. The highest BCUT2D eigenvalue weighted by atomic mass is 79.9. The lowest BCUT2D eigenvalue weighted by Crippen LogP contribution is -2.12. The third kappa shape index (κ3) is 2.05. The number of hydrogen-bond acceptors (Lipinski definition) is 4. The maximum atomic E-state index is 10.2. The molecule has 0 fully saturated rings. The summed E-state index contributed by atoms with van der Waals surface area (Å²) in [6, 6.07) is 0.205. The summed E-state index contributed by atoms with van der Waals surface area (Å²) in [4.78, 5) is 4.12. The van der Waals surface area contributed by atoms with Crippen LogP contribution in [-0.2, 0) is 0 Å². The number of rotatable bonds is 3. The molecule has 2 aromatic heterocycles. The monoisotopic (exact) mass is 301 g/mol. The molecule has 1 atom stereocenters. The van der Waals surface area contributed by atoms with Gasteiger partial charge in [-0.05, 0) is 29.8 Å². The minimum atomic E-state index is -0.723. The third-order valence-electron chi connectivity index (χ3n) is 2.22. The maximum Gasteiger partial charge on any atom is 0.148 e. The minimum absolute atomic E-state index is 0.205. The largest absolute Gasteiger partial charge is 0.379 e. The molecule has 0 radical (unpaired) electrons. The summed E-state index contributed by atoms with van der Waals surface area (Å²) >= 11 is 4.84. The van der Waals surface area contributed by atoms with Crippen molar-refractivity contribution in [2.45, 2.75) is 26.0 Å². The van der Waals surface area contributed by atoms with Gasteiger partial charge in [-0.1, -0.05) is 0 Å². The molecule has 0 aliphatic carbocycles. The Morgan fingerprint density at radius 1 is 1.50 bits per heavy atom. The molecule has 0 aliphatic rings. The quantitative estimate of drug-likeness (QED) is 0.948. The van der Waals surface area contributed by atoms with E-state index in [1.165, 1.54) is 11.3 Å². The summed E-state index contributed by atoms with van der Waals surface area (Å²) in [7, 11) is 0. The molecule has 2 aromatic rings. The fourth-order valence-corrected chi connectivity index (χ4v) is 2.62.